The Labute approximate surface area is 105 Å². The van der Waals surface area contributed by atoms with Gasteiger partial charge in [-0.1, -0.05) is 12.8 Å². The van der Waals surface area contributed by atoms with Gasteiger partial charge in [-0.25, -0.2) is 0 Å². The van der Waals surface area contributed by atoms with Crippen molar-refractivity contribution in [2.75, 3.05) is 32.8 Å². The van der Waals surface area contributed by atoms with E-state index in [-0.39, 0.29) is 0 Å². The molecule has 2 heterocycles. The summed E-state index contributed by atoms with van der Waals surface area (Å²) in [6, 6.07) is 0.765. The molecule has 3 atom stereocenters. The van der Waals surface area contributed by atoms with Gasteiger partial charge in [0.25, 0.3) is 0 Å². The first-order valence-electron chi connectivity index (χ1n) is 7.49. The Hall–Kier alpha value is -0.120. The Morgan fingerprint density at radius 3 is 2.76 bits per heavy atom. The standard InChI is InChI=1S/C14H26N2O/c1-2-4-13(3-1)17-10-7-15-14-6-9-16-8-5-12(14)11-16/h12-15H,1-11H2. The maximum absolute atomic E-state index is 5.90. The van der Waals surface area contributed by atoms with Crippen LogP contribution in [0.2, 0.25) is 0 Å². The van der Waals surface area contributed by atoms with Crippen molar-refractivity contribution in [3.8, 4) is 0 Å². The van der Waals surface area contributed by atoms with Crippen LogP contribution >= 0.6 is 0 Å². The minimum atomic E-state index is 0.574. The van der Waals surface area contributed by atoms with Crippen molar-refractivity contribution in [2.24, 2.45) is 5.92 Å². The Morgan fingerprint density at radius 2 is 1.88 bits per heavy atom. The van der Waals surface area contributed by atoms with E-state index in [2.05, 4.69) is 10.2 Å². The van der Waals surface area contributed by atoms with Crippen molar-refractivity contribution in [1.29, 1.82) is 0 Å². The van der Waals surface area contributed by atoms with Crippen LogP contribution in [0, 0.1) is 5.92 Å². The average Bonchev–Trinajstić information content (AvgIpc) is 2.97. The van der Waals surface area contributed by atoms with Crippen LogP contribution in [-0.4, -0.2) is 49.8 Å². The summed E-state index contributed by atoms with van der Waals surface area (Å²) in [5, 5.41) is 3.72. The third kappa shape index (κ3) is 3.01. The zero-order valence-corrected chi connectivity index (χ0v) is 10.9. The quantitative estimate of drug-likeness (QED) is 0.737. The number of nitrogens with one attached hydrogen (secondary N) is 1. The molecule has 3 heteroatoms. The van der Waals surface area contributed by atoms with E-state index < -0.39 is 0 Å². The first kappa shape index (κ1) is 11.9. The van der Waals surface area contributed by atoms with Gasteiger partial charge in [-0.05, 0) is 44.7 Å². The zero-order valence-electron chi connectivity index (χ0n) is 10.9. The van der Waals surface area contributed by atoms with Gasteiger partial charge < -0.3 is 15.0 Å². The normalized spacial score (nSPS) is 37.8. The van der Waals surface area contributed by atoms with Crippen molar-refractivity contribution in [3.05, 3.63) is 0 Å². The Balaban J connectivity index is 1.31. The molecular formula is C14H26N2O. The van der Waals surface area contributed by atoms with Crippen LogP contribution in [0.4, 0.5) is 0 Å². The van der Waals surface area contributed by atoms with E-state index in [4.69, 9.17) is 4.74 Å². The van der Waals surface area contributed by atoms with Crippen LogP contribution in [0.3, 0.4) is 0 Å². The topological polar surface area (TPSA) is 24.5 Å². The number of hydrogen-bond acceptors (Lipinski definition) is 3. The van der Waals surface area contributed by atoms with E-state index in [9.17, 15) is 0 Å². The SMILES string of the molecule is C1CCC(OCCNC2CCN3CCC2C3)C1. The van der Waals surface area contributed by atoms with Crippen LogP contribution in [0.25, 0.3) is 0 Å². The van der Waals surface area contributed by atoms with E-state index in [0.29, 0.717) is 6.10 Å². The van der Waals surface area contributed by atoms with E-state index in [0.717, 1.165) is 25.1 Å². The molecule has 0 aromatic heterocycles. The summed E-state index contributed by atoms with van der Waals surface area (Å²) in [4.78, 5) is 2.61. The van der Waals surface area contributed by atoms with Crippen LogP contribution in [0.1, 0.15) is 38.5 Å². The highest BCUT2D eigenvalue weighted by molar-refractivity contribution is 4.90. The van der Waals surface area contributed by atoms with Crippen LogP contribution < -0.4 is 5.32 Å². The van der Waals surface area contributed by atoms with Gasteiger partial charge in [0.1, 0.15) is 0 Å². The molecule has 0 aromatic rings. The van der Waals surface area contributed by atoms with Crippen molar-refractivity contribution in [1.82, 2.24) is 10.2 Å². The molecule has 2 saturated heterocycles. The second kappa shape index (κ2) is 5.68. The van der Waals surface area contributed by atoms with Gasteiger partial charge in [0.2, 0.25) is 0 Å². The number of rotatable bonds is 5. The third-order valence-electron chi connectivity index (χ3n) is 4.80. The summed E-state index contributed by atoms with van der Waals surface area (Å²) >= 11 is 0. The minimum absolute atomic E-state index is 0.574. The van der Waals surface area contributed by atoms with Crippen LogP contribution in [-0.2, 0) is 4.74 Å². The average molecular weight is 238 g/mol. The van der Waals surface area contributed by atoms with Crippen molar-refractivity contribution < 1.29 is 4.74 Å². The molecule has 2 bridgehead atoms. The molecule has 3 aliphatic rings. The van der Waals surface area contributed by atoms with Gasteiger partial charge in [0.15, 0.2) is 0 Å². The first-order valence-corrected chi connectivity index (χ1v) is 7.49. The number of ether oxygens (including phenoxy) is 1. The smallest absolute Gasteiger partial charge is 0.0594 e. The van der Waals surface area contributed by atoms with Crippen LogP contribution in [0.5, 0.6) is 0 Å². The van der Waals surface area contributed by atoms with Gasteiger partial charge in [-0.15, -0.1) is 0 Å². The van der Waals surface area contributed by atoms with Crippen molar-refractivity contribution >= 4 is 0 Å². The maximum Gasteiger partial charge on any atom is 0.0594 e. The molecule has 98 valence electrons. The molecule has 3 nitrogen and oxygen atoms in total. The van der Waals surface area contributed by atoms with Gasteiger partial charge >= 0.3 is 0 Å². The Morgan fingerprint density at radius 1 is 1.06 bits per heavy atom. The van der Waals surface area contributed by atoms with Crippen LogP contribution in [0.15, 0.2) is 0 Å². The molecule has 3 unspecified atom stereocenters. The molecule has 0 spiro atoms. The van der Waals surface area contributed by atoms with E-state index >= 15 is 0 Å². The fraction of sp³-hybridized carbons (Fsp3) is 1.00. The molecule has 17 heavy (non-hydrogen) atoms. The van der Waals surface area contributed by atoms with E-state index in [1.807, 2.05) is 0 Å². The summed E-state index contributed by atoms with van der Waals surface area (Å²) in [5.74, 6) is 0.912. The number of fused-ring (bicyclic) bond motifs is 2. The summed E-state index contributed by atoms with van der Waals surface area (Å²) < 4.78 is 5.90. The molecule has 0 aromatic carbocycles. The van der Waals surface area contributed by atoms with E-state index in [1.165, 1.54) is 58.2 Å². The first-order chi connectivity index (χ1) is 8.42. The maximum atomic E-state index is 5.90. The summed E-state index contributed by atoms with van der Waals surface area (Å²) in [7, 11) is 0. The summed E-state index contributed by atoms with van der Waals surface area (Å²) in [6.07, 6.45) is 8.65. The summed E-state index contributed by atoms with van der Waals surface area (Å²) in [5.41, 5.74) is 0. The lowest BCUT2D eigenvalue weighted by atomic mass is 9.94. The fourth-order valence-corrected chi connectivity index (χ4v) is 3.75. The molecule has 2 aliphatic heterocycles. The molecule has 0 amide bonds. The largest absolute Gasteiger partial charge is 0.377 e. The lowest BCUT2D eigenvalue weighted by Crippen LogP contribution is -2.44. The molecule has 3 fully saturated rings. The number of piperidine rings is 1. The van der Waals surface area contributed by atoms with Crippen molar-refractivity contribution in [3.63, 3.8) is 0 Å². The molecule has 3 rings (SSSR count). The molecule has 1 aliphatic carbocycles. The molecule has 1 saturated carbocycles. The van der Waals surface area contributed by atoms with Gasteiger partial charge in [0, 0.05) is 19.1 Å². The van der Waals surface area contributed by atoms with Gasteiger partial charge in [0.05, 0.1) is 12.7 Å². The Bertz CT molecular complexity index is 240. The lowest BCUT2D eigenvalue weighted by molar-refractivity contribution is 0.0570. The predicted octanol–water partition coefficient (Wildman–Crippen LogP) is 1.63. The molecular weight excluding hydrogens is 212 g/mol. The predicted molar refractivity (Wildman–Crippen MR) is 69.2 cm³/mol. The number of hydrogen-bond donors (Lipinski definition) is 1. The van der Waals surface area contributed by atoms with E-state index in [1.54, 1.807) is 0 Å². The monoisotopic (exact) mass is 238 g/mol. The Kier molecular flexibility index (Phi) is 3.99. The fourth-order valence-electron chi connectivity index (χ4n) is 3.75. The minimum Gasteiger partial charge on any atom is -0.377 e. The highest BCUT2D eigenvalue weighted by Gasteiger charge is 2.33. The third-order valence-corrected chi connectivity index (χ3v) is 4.80. The highest BCUT2D eigenvalue weighted by atomic mass is 16.5. The molecule has 1 N–H and O–H groups in total. The molecule has 0 radical (unpaired) electrons. The van der Waals surface area contributed by atoms with Crippen molar-refractivity contribution in [2.45, 2.75) is 50.7 Å². The summed E-state index contributed by atoms with van der Waals surface area (Å²) in [6.45, 7) is 5.94. The number of nitrogens with zero attached hydrogens (tertiary/aromatic N) is 1. The van der Waals surface area contributed by atoms with Gasteiger partial charge in [-0.2, -0.15) is 0 Å². The lowest BCUT2D eigenvalue weighted by Gasteiger charge is -2.31. The second-order valence-corrected chi connectivity index (χ2v) is 5.98. The van der Waals surface area contributed by atoms with Gasteiger partial charge in [-0.3, -0.25) is 0 Å². The zero-order chi connectivity index (χ0) is 11.5. The highest BCUT2D eigenvalue weighted by Crippen LogP contribution is 2.27. The second-order valence-electron chi connectivity index (χ2n) is 5.98.